The Morgan fingerprint density at radius 2 is 1.75 bits per heavy atom. The summed E-state index contributed by atoms with van der Waals surface area (Å²) in [7, 11) is 0. The lowest BCUT2D eigenvalue weighted by atomic mass is 9.89. The summed E-state index contributed by atoms with van der Waals surface area (Å²) in [4.78, 5) is 0. The molecule has 88 valence electrons. The minimum atomic E-state index is 0.691. The molecule has 1 aliphatic rings. The fourth-order valence-corrected chi connectivity index (χ4v) is 3.57. The molecule has 0 nitrogen and oxygen atoms in total. The maximum atomic E-state index is 3.67. The molecule has 1 aliphatic carbocycles. The van der Waals surface area contributed by atoms with E-state index in [1.54, 1.807) is 0 Å². The van der Waals surface area contributed by atoms with Crippen LogP contribution in [-0.2, 0) is 0 Å². The van der Waals surface area contributed by atoms with E-state index < -0.39 is 0 Å². The highest BCUT2D eigenvalue weighted by molar-refractivity contribution is 9.10. The lowest BCUT2D eigenvalue weighted by Crippen LogP contribution is -2.06. The summed E-state index contributed by atoms with van der Waals surface area (Å²) < 4.78 is 1.17. The van der Waals surface area contributed by atoms with Crippen LogP contribution in [-0.4, -0.2) is 5.33 Å². The second kappa shape index (κ2) is 6.20. The van der Waals surface area contributed by atoms with Gasteiger partial charge in [-0.15, -0.1) is 0 Å². The molecule has 0 spiro atoms. The number of hydrogen-bond acceptors (Lipinski definition) is 0. The number of alkyl halides is 1. The predicted molar refractivity (Wildman–Crippen MR) is 77.3 cm³/mol. The lowest BCUT2D eigenvalue weighted by molar-refractivity contribution is 0.464. The van der Waals surface area contributed by atoms with Crippen molar-refractivity contribution in [3.8, 4) is 0 Å². The third-order valence-corrected chi connectivity index (χ3v) is 4.93. The summed E-state index contributed by atoms with van der Waals surface area (Å²) in [5.41, 5.74) is 1.48. The molecule has 1 aromatic carbocycles. The maximum absolute atomic E-state index is 3.67. The molecule has 1 atom stereocenters. The fraction of sp³-hybridized carbons (Fsp3) is 0.571. The smallest absolute Gasteiger partial charge is 0.0175 e. The van der Waals surface area contributed by atoms with E-state index in [-0.39, 0.29) is 0 Å². The van der Waals surface area contributed by atoms with Crippen LogP contribution in [0.25, 0.3) is 0 Å². The van der Waals surface area contributed by atoms with Gasteiger partial charge in [0, 0.05) is 9.80 Å². The monoisotopic (exact) mass is 344 g/mol. The molecule has 0 saturated heterocycles. The average molecular weight is 346 g/mol. The first-order valence-corrected chi connectivity index (χ1v) is 8.02. The van der Waals surface area contributed by atoms with Gasteiger partial charge in [-0.1, -0.05) is 69.7 Å². The van der Waals surface area contributed by atoms with Crippen molar-refractivity contribution in [2.24, 2.45) is 5.92 Å². The number of halogens is 2. The van der Waals surface area contributed by atoms with Crippen molar-refractivity contribution in [2.45, 2.75) is 38.0 Å². The van der Waals surface area contributed by atoms with E-state index in [1.807, 2.05) is 0 Å². The van der Waals surface area contributed by atoms with Gasteiger partial charge in [0.2, 0.25) is 0 Å². The molecule has 16 heavy (non-hydrogen) atoms. The van der Waals surface area contributed by atoms with Crippen LogP contribution in [0, 0.1) is 5.92 Å². The SMILES string of the molecule is BrCC(CC1CCCC1)c1ccc(Br)cc1. The number of rotatable bonds is 4. The molecule has 0 N–H and O–H groups in total. The van der Waals surface area contributed by atoms with E-state index in [0.717, 1.165) is 11.2 Å². The van der Waals surface area contributed by atoms with Gasteiger partial charge in [-0.25, -0.2) is 0 Å². The summed E-state index contributed by atoms with van der Waals surface area (Å²) >= 11 is 7.16. The summed E-state index contributed by atoms with van der Waals surface area (Å²) in [6.45, 7) is 0. The van der Waals surface area contributed by atoms with Crippen LogP contribution in [0.1, 0.15) is 43.6 Å². The van der Waals surface area contributed by atoms with Crippen molar-refractivity contribution in [2.75, 3.05) is 5.33 Å². The Morgan fingerprint density at radius 1 is 1.12 bits per heavy atom. The third kappa shape index (κ3) is 3.33. The van der Waals surface area contributed by atoms with Crippen molar-refractivity contribution in [3.63, 3.8) is 0 Å². The minimum Gasteiger partial charge on any atom is -0.0921 e. The number of benzene rings is 1. The Kier molecular flexibility index (Phi) is 4.90. The molecule has 0 bridgehead atoms. The Hall–Kier alpha value is 0.180. The molecule has 2 heteroatoms. The summed E-state index contributed by atoms with van der Waals surface area (Å²) in [6, 6.07) is 8.81. The molecule has 0 heterocycles. The zero-order chi connectivity index (χ0) is 11.4. The van der Waals surface area contributed by atoms with Crippen molar-refractivity contribution in [1.29, 1.82) is 0 Å². The van der Waals surface area contributed by atoms with Gasteiger partial charge in [-0.2, -0.15) is 0 Å². The Labute approximate surface area is 115 Å². The van der Waals surface area contributed by atoms with E-state index in [1.165, 1.54) is 42.1 Å². The zero-order valence-electron chi connectivity index (χ0n) is 9.46. The van der Waals surface area contributed by atoms with Crippen molar-refractivity contribution < 1.29 is 0 Å². The van der Waals surface area contributed by atoms with Crippen LogP contribution >= 0.6 is 31.9 Å². The summed E-state index contributed by atoms with van der Waals surface area (Å²) in [6.07, 6.45) is 7.13. The lowest BCUT2D eigenvalue weighted by Gasteiger charge is -2.18. The van der Waals surface area contributed by atoms with E-state index >= 15 is 0 Å². The molecule has 1 saturated carbocycles. The Balaban J connectivity index is 2.00. The molecule has 2 rings (SSSR count). The molecule has 0 radical (unpaired) electrons. The normalized spacial score (nSPS) is 18.9. The molecular formula is C14H18Br2. The topological polar surface area (TPSA) is 0 Å². The third-order valence-electron chi connectivity index (χ3n) is 3.62. The van der Waals surface area contributed by atoms with Gasteiger partial charge in [-0.3, -0.25) is 0 Å². The average Bonchev–Trinajstić information content (AvgIpc) is 2.80. The fourth-order valence-electron chi connectivity index (χ4n) is 2.67. The van der Waals surface area contributed by atoms with Gasteiger partial charge < -0.3 is 0 Å². The van der Waals surface area contributed by atoms with E-state index in [2.05, 4.69) is 56.1 Å². The van der Waals surface area contributed by atoms with Crippen molar-refractivity contribution in [1.82, 2.24) is 0 Å². The highest BCUT2D eigenvalue weighted by Gasteiger charge is 2.20. The molecule has 1 aromatic rings. The first kappa shape index (κ1) is 12.6. The van der Waals surface area contributed by atoms with Crippen molar-refractivity contribution >= 4 is 31.9 Å². The first-order chi connectivity index (χ1) is 7.79. The van der Waals surface area contributed by atoms with Gasteiger partial charge in [0.25, 0.3) is 0 Å². The molecule has 0 aromatic heterocycles. The van der Waals surface area contributed by atoms with Crippen molar-refractivity contribution in [3.05, 3.63) is 34.3 Å². The van der Waals surface area contributed by atoms with Crippen LogP contribution < -0.4 is 0 Å². The van der Waals surface area contributed by atoms with Crippen LogP contribution in [0.3, 0.4) is 0 Å². The molecule has 0 aliphatic heterocycles. The van der Waals surface area contributed by atoms with Gasteiger partial charge in [0.1, 0.15) is 0 Å². The van der Waals surface area contributed by atoms with Crippen LogP contribution in [0.2, 0.25) is 0 Å². The summed E-state index contributed by atoms with van der Waals surface area (Å²) in [5.74, 6) is 1.65. The second-order valence-corrected chi connectivity index (χ2v) is 6.35. The first-order valence-electron chi connectivity index (χ1n) is 6.11. The minimum absolute atomic E-state index is 0.691. The zero-order valence-corrected chi connectivity index (χ0v) is 12.6. The Bertz CT molecular complexity index is 312. The maximum Gasteiger partial charge on any atom is 0.0175 e. The van der Waals surface area contributed by atoms with Gasteiger partial charge in [0.15, 0.2) is 0 Å². The van der Waals surface area contributed by atoms with E-state index in [9.17, 15) is 0 Å². The van der Waals surface area contributed by atoms with Gasteiger partial charge in [0.05, 0.1) is 0 Å². The highest BCUT2D eigenvalue weighted by Crippen LogP contribution is 2.35. The van der Waals surface area contributed by atoms with Crippen LogP contribution in [0.15, 0.2) is 28.7 Å². The standard InChI is InChI=1S/C14H18Br2/c15-10-13(9-11-3-1-2-4-11)12-5-7-14(16)8-6-12/h5-8,11,13H,1-4,9-10H2. The molecule has 0 amide bonds. The van der Waals surface area contributed by atoms with E-state index in [0.29, 0.717) is 5.92 Å². The quantitative estimate of drug-likeness (QED) is 0.631. The van der Waals surface area contributed by atoms with Gasteiger partial charge in [-0.05, 0) is 36.0 Å². The molecule has 1 unspecified atom stereocenters. The van der Waals surface area contributed by atoms with Crippen LogP contribution in [0.4, 0.5) is 0 Å². The Morgan fingerprint density at radius 3 is 2.31 bits per heavy atom. The second-order valence-electron chi connectivity index (χ2n) is 4.79. The predicted octanol–water partition coefficient (Wildman–Crippen LogP) is 5.51. The largest absolute Gasteiger partial charge is 0.0921 e. The molecule has 1 fully saturated rings. The number of hydrogen-bond donors (Lipinski definition) is 0. The van der Waals surface area contributed by atoms with Gasteiger partial charge >= 0.3 is 0 Å². The van der Waals surface area contributed by atoms with E-state index in [4.69, 9.17) is 0 Å². The molecular weight excluding hydrogens is 328 g/mol. The summed E-state index contributed by atoms with van der Waals surface area (Å²) in [5, 5.41) is 1.09. The highest BCUT2D eigenvalue weighted by atomic mass is 79.9. The van der Waals surface area contributed by atoms with Crippen LogP contribution in [0.5, 0.6) is 0 Å².